The van der Waals surface area contributed by atoms with Crippen molar-refractivity contribution in [3.63, 3.8) is 0 Å². The fourth-order valence-electron chi connectivity index (χ4n) is 1.39. The van der Waals surface area contributed by atoms with E-state index in [9.17, 15) is 0 Å². The minimum atomic E-state index is -0.101. The van der Waals surface area contributed by atoms with E-state index in [-0.39, 0.29) is 22.5 Å². The molecule has 0 unspecified atom stereocenters. The smallest absolute Gasteiger partial charge is 0.226 e. The summed E-state index contributed by atoms with van der Waals surface area (Å²) >= 11 is 0.986. The Labute approximate surface area is 123 Å². The van der Waals surface area contributed by atoms with Crippen LogP contribution in [0.3, 0.4) is 0 Å². The van der Waals surface area contributed by atoms with E-state index in [0.29, 0.717) is 10.9 Å². The number of rotatable bonds is 5. The molecule has 21 heavy (non-hydrogen) atoms. The molecule has 0 spiro atoms. The Morgan fingerprint density at radius 3 is 3.00 bits per heavy atom. The second kappa shape index (κ2) is 6.53. The van der Waals surface area contributed by atoms with E-state index in [4.69, 9.17) is 20.5 Å². The summed E-state index contributed by atoms with van der Waals surface area (Å²) in [6.07, 6.45) is 1.38. The molecule has 0 aliphatic carbocycles. The monoisotopic (exact) mass is 301 g/mol. The molecular formula is C12H11N7OS. The molecule has 0 aliphatic rings. The molecule has 0 saturated heterocycles. The molecule has 2 heterocycles. The summed E-state index contributed by atoms with van der Waals surface area (Å²) in [4.78, 5) is 0. The molecule has 0 bridgehead atoms. The zero-order valence-corrected chi connectivity index (χ0v) is 11.9. The third kappa shape index (κ3) is 3.80. The second-order valence-electron chi connectivity index (χ2n) is 3.92. The van der Waals surface area contributed by atoms with Gasteiger partial charge in [0.2, 0.25) is 5.13 Å². The molecule has 2 rings (SSSR count). The average Bonchev–Trinajstić information content (AvgIpc) is 2.85. The third-order valence-corrected chi connectivity index (χ3v) is 3.07. The van der Waals surface area contributed by atoms with Gasteiger partial charge in [0, 0.05) is 0 Å². The van der Waals surface area contributed by atoms with Gasteiger partial charge in [-0.15, -0.1) is 10.2 Å². The van der Waals surface area contributed by atoms with E-state index < -0.39 is 0 Å². The van der Waals surface area contributed by atoms with Crippen LogP contribution in [0.2, 0.25) is 0 Å². The number of hydrazone groups is 1. The first-order chi connectivity index (χ1) is 10.1. The van der Waals surface area contributed by atoms with Crippen LogP contribution in [0.4, 0.5) is 5.13 Å². The van der Waals surface area contributed by atoms with E-state index in [1.807, 2.05) is 19.1 Å². The van der Waals surface area contributed by atoms with Crippen LogP contribution in [0, 0.1) is 29.1 Å². The Morgan fingerprint density at radius 2 is 2.38 bits per heavy atom. The number of hydrogen-bond acceptors (Lipinski definition) is 9. The van der Waals surface area contributed by atoms with Gasteiger partial charge in [0.25, 0.3) is 0 Å². The highest BCUT2D eigenvalue weighted by atomic mass is 32.1. The lowest BCUT2D eigenvalue weighted by Gasteiger charge is -2.00. The molecule has 0 aromatic carbocycles. The summed E-state index contributed by atoms with van der Waals surface area (Å²) in [6, 6.07) is 5.44. The highest BCUT2D eigenvalue weighted by molar-refractivity contribution is 7.13. The largest absolute Gasteiger partial charge is 0.460 e. The van der Waals surface area contributed by atoms with Gasteiger partial charge in [-0.05, 0) is 19.1 Å². The Balaban J connectivity index is 2.07. The molecule has 106 valence electrons. The Bertz CT molecular complexity index is 783. The maximum atomic E-state index is 8.53. The topological polar surface area (TPSA) is 135 Å². The van der Waals surface area contributed by atoms with Crippen LogP contribution in [-0.2, 0) is 0 Å². The SMILES string of the molecule is Cc1ccc(/C=N/Nc2nnc(C(=N)CC#N)c(=N)s2)o1. The number of nitrogens with one attached hydrogen (secondary N) is 3. The van der Waals surface area contributed by atoms with Gasteiger partial charge in [0.05, 0.1) is 24.4 Å². The first kappa shape index (κ1) is 14.5. The van der Waals surface area contributed by atoms with Gasteiger partial charge in [0.1, 0.15) is 21.9 Å². The average molecular weight is 301 g/mol. The minimum absolute atomic E-state index is 0.0210. The molecular weight excluding hydrogens is 290 g/mol. The lowest BCUT2D eigenvalue weighted by Crippen LogP contribution is -2.16. The van der Waals surface area contributed by atoms with Crippen LogP contribution in [-0.4, -0.2) is 22.1 Å². The van der Waals surface area contributed by atoms with Crippen LogP contribution in [0.5, 0.6) is 0 Å². The van der Waals surface area contributed by atoms with Crippen molar-refractivity contribution >= 4 is 28.4 Å². The number of nitriles is 1. The maximum absolute atomic E-state index is 8.53. The van der Waals surface area contributed by atoms with Crippen molar-refractivity contribution in [2.45, 2.75) is 13.3 Å². The van der Waals surface area contributed by atoms with Crippen LogP contribution in [0.25, 0.3) is 0 Å². The van der Waals surface area contributed by atoms with E-state index in [1.54, 1.807) is 6.07 Å². The number of aryl methyl sites for hydroxylation is 1. The summed E-state index contributed by atoms with van der Waals surface area (Å²) in [5.41, 5.74) is 2.73. The Hall–Kier alpha value is -2.86. The number of nitrogens with zero attached hydrogens (tertiary/aromatic N) is 4. The zero-order valence-electron chi connectivity index (χ0n) is 11.0. The summed E-state index contributed by atoms with van der Waals surface area (Å²) in [5, 5.41) is 35.7. The quantitative estimate of drug-likeness (QED) is 0.570. The highest BCUT2D eigenvalue weighted by Crippen LogP contribution is 2.07. The molecule has 0 atom stereocenters. The first-order valence-corrected chi connectivity index (χ1v) is 6.64. The van der Waals surface area contributed by atoms with Crippen LogP contribution < -0.4 is 10.1 Å². The summed E-state index contributed by atoms with van der Waals surface area (Å²) in [7, 11) is 0. The van der Waals surface area contributed by atoms with Gasteiger partial charge in [0.15, 0.2) is 0 Å². The zero-order chi connectivity index (χ0) is 15.2. The van der Waals surface area contributed by atoms with Crippen LogP contribution in [0.15, 0.2) is 21.7 Å². The predicted molar refractivity (Wildman–Crippen MR) is 77.5 cm³/mol. The number of anilines is 1. The third-order valence-electron chi connectivity index (χ3n) is 2.31. The van der Waals surface area contributed by atoms with Crippen molar-refractivity contribution in [3.05, 3.63) is 34.0 Å². The Kier molecular flexibility index (Phi) is 4.53. The van der Waals surface area contributed by atoms with Gasteiger partial charge in [-0.2, -0.15) is 10.4 Å². The van der Waals surface area contributed by atoms with E-state index in [0.717, 1.165) is 17.1 Å². The summed E-state index contributed by atoms with van der Waals surface area (Å²) in [6.45, 7) is 1.83. The number of furan rings is 1. The van der Waals surface area contributed by atoms with Crippen molar-refractivity contribution in [2.24, 2.45) is 5.10 Å². The molecule has 2 aromatic rings. The highest BCUT2D eigenvalue weighted by Gasteiger charge is 2.08. The van der Waals surface area contributed by atoms with Crippen molar-refractivity contribution in [1.29, 1.82) is 16.1 Å². The van der Waals surface area contributed by atoms with Crippen molar-refractivity contribution < 1.29 is 4.42 Å². The first-order valence-electron chi connectivity index (χ1n) is 5.83. The lowest BCUT2D eigenvalue weighted by molar-refractivity contribution is 0.528. The van der Waals surface area contributed by atoms with E-state index >= 15 is 0 Å². The lowest BCUT2D eigenvalue weighted by atomic mass is 10.2. The van der Waals surface area contributed by atoms with Crippen LogP contribution >= 0.6 is 11.3 Å². The molecule has 8 nitrogen and oxygen atoms in total. The number of aromatic nitrogens is 2. The molecule has 0 aliphatic heterocycles. The standard InChI is InChI=1S/C12H11N7OS/c1-7-2-3-8(20-7)6-16-18-12-19-17-10(11(15)21-12)9(14)4-5-13/h2-3,6,14-15H,4H2,1H3,(H,18,19)/b14-9?,15-11?,16-6+. The van der Waals surface area contributed by atoms with Gasteiger partial charge >= 0.3 is 0 Å². The van der Waals surface area contributed by atoms with Crippen molar-refractivity contribution in [1.82, 2.24) is 10.2 Å². The second-order valence-corrected chi connectivity index (χ2v) is 4.92. The van der Waals surface area contributed by atoms with Crippen LogP contribution in [0.1, 0.15) is 23.6 Å². The van der Waals surface area contributed by atoms with Gasteiger partial charge in [-0.25, -0.2) is 0 Å². The maximum Gasteiger partial charge on any atom is 0.226 e. The fraction of sp³-hybridized carbons (Fsp3) is 0.167. The fourth-order valence-corrected chi connectivity index (χ4v) is 2.02. The van der Waals surface area contributed by atoms with Gasteiger partial charge in [-0.1, -0.05) is 11.3 Å². The number of hydrogen-bond donors (Lipinski definition) is 3. The summed E-state index contributed by atoms with van der Waals surface area (Å²) in [5.74, 6) is 1.38. The van der Waals surface area contributed by atoms with E-state index in [1.165, 1.54) is 6.21 Å². The molecule has 3 N–H and O–H groups in total. The van der Waals surface area contributed by atoms with Gasteiger partial charge < -0.3 is 9.83 Å². The normalized spacial score (nSPS) is 10.5. The van der Waals surface area contributed by atoms with Crippen molar-refractivity contribution in [3.8, 4) is 6.07 Å². The molecule has 0 fully saturated rings. The van der Waals surface area contributed by atoms with Gasteiger partial charge in [-0.3, -0.25) is 10.8 Å². The molecule has 2 aromatic heterocycles. The molecule has 0 amide bonds. The van der Waals surface area contributed by atoms with E-state index in [2.05, 4.69) is 20.7 Å². The predicted octanol–water partition coefficient (Wildman–Crippen LogP) is 1.65. The Morgan fingerprint density at radius 1 is 1.57 bits per heavy atom. The molecule has 0 radical (unpaired) electrons. The summed E-state index contributed by atoms with van der Waals surface area (Å²) < 4.78 is 5.36. The molecule has 9 heteroatoms. The molecule has 0 saturated carbocycles. The van der Waals surface area contributed by atoms with Crippen molar-refractivity contribution in [2.75, 3.05) is 5.43 Å². The minimum Gasteiger partial charge on any atom is -0.460 e.